The summed E-state index contributed by atoms with van der Waals surface area (Å²) in [5.41, 5.74) is 1.86. The minimum Gasteiger partial charge on any atom is -0.497 e. The fraction of sp³-hybridized carbons (Fsp3) is 0.667. The SMILES string of the molecule is COc1ccc(CCN2CC(C)NCC23CCCC3)cc1. The van der Waals surface area contributed by atoms with E-state index in [-0.39, 0.29) is 0 Å². The third-order valence-electron chi connectivity index (χ3n) is 5.31. The molecule has 1 aromatic rings. The number of rotatable bonds is 4. The van der Waals surface area contributed by atoms with E-state index in [2.05, 4.69) is 41.4 Å². The van der Waals surface area contributed by atoms with Crippen LogP contribution in [0.3, 0.4) is 0 Å². The van der Waals surface area contributed by atoms with Crippen LogP contribution in [0, 0.1) is 0 Å². The summed E-state index contributed by atoms with van der Waals surface area (Å²) in [7, 11) is 1.72. The predicted molar refractivity (Wildman–Crippen MR) is 86.9 cm³/mol. The van der Waals surface area contributed by atoms with E-state index in [1.165, 1.54) is 50.9 Å². The highest BCUT2D eigenvalue weighted by Gasteiger charge is 2.42. The van der Waals surface area contributed by atoms with Gasteiger partial charge in [-0.05, 0) is 43.9 Å². The van der Waals surface area contributed by atoms with Crippen molar-refractivity contribution in [3.8, 4) is 5.75 Å². The number of nitrogens with one attached hydrogen (secondary N) is 1. The minimum absolute atomic E-state index is 0.443. The Balaban J connectivity index is 1.63. The van der Waals surface area contributed by atoms with Crippen LogP contribution in [0.25, 0.3) is 0 Å². The Kier molecular flexibility index (Phi) is 4.51. The zero-order chi connectivity index (χ0) is 14.7. The molecule has 1 saturated heterocycles. The van der Waals surface area contributed by atoms with Crippen LogP contribution < -0.4 is 10.1 Å². The van der Waals surface area contributed by atoms with Crippen molar-refractivity contribution in [1.29, 1.82) is 0 Å². The van der Waals surface area contributed by atoms with Gasteiger partial charge in [-0.25, -0.2) is 0 Å². The first kappa shape index (κ1) is 14.9. The van der Waals surface area contributed by atoms with Crippen molar-refractivity contribution in [3.05, 3.63) is 29.8 Å². The number of piperazine rings is 1. The van der Waals surface area contributed by atoms with E-state index in [1.807, 2.05) is 0 Å². The van der Waals surface area contributed by atoms with Crippen molar-refractivity contribution in [2.24, 2.45) is 0 Å². The van der Waals surface area contributed by atoms with E-state index in [1.54, 1.807) is 7.11 Å². The number of benzene rings is 1. The monoisotopic (exact) mass is 288 g/mol. The number of nitrogens with zero attached hydrogens (tertiary/aromatic N) is 1. The molecule has 2 fully saturated rings. The van der Waals surface area contributed by atoms with Gasteiger partial charge in [0.25, 0.3) is 0 Å². The van der Waals surface area contributed by atoms with E-state index in [0.717, 1.165) is 12.2 Å². The van der Waals surface area contributed by atoms with E-state index < -0.39 is 0 Å². The lowest BCUT2D eigenvalue weighted by molar-refractivity contribution is 0.0477. The van der Waals surface area contributed by atoms with Crippen molar-refractivity contribution >= 4 is 0 Å². The minimum atomic E-state index is 0.443. The van der Waals surface area contributed by atoms with Gasteiger partial charge in [-0.3, -0.25) is 4.90 Å². The molecule has 0 amide bonds. The van der Waals surface area contributed by atoms with Crippen LogP contribution in [-0.2, 0) is 6.42 Å². The molecule has 1 saturated carbocycles. The van der Waals surface area contributed by atoms with Crippen LogP contribution in [0.4, 0.5) is 0 Å². The normalized spacial score (nSPS) is 25.3. The molecule has 1 aromatic carbocycles. The summed E-state index contributed by atoms with van der Waals surface area (Å²) in [5.74, 6) is 0.946. The summed E-state index contributed by atoms with van der Waals surface area (Å²) in [6.45, 7) is 5.85. The maximum absolute atomic E-state index is 5.24. The van der Waals surface area contributed by atoms with Gasteiger partial charge in [0.05, 0.1) is 7.11 Å². The Morgan fingerprint density at radius 1 is 1.24 bits per heavy atom. The van der Waals surface area contributed by atoms with Crippen molar-refractivity contribution in [1.82, 2.24) is 10.2 Å². The Hall–Kier alpha value is -1.06. The smallest absolute Gasteiger partial charge is 0.118 e. The third-order valence-corrected chi connectivity index (χ3v) is 5.31. The summed E-state index contributed by atoms with van der Waals surface area (Å²) in [5, 5.41) is 3.70. The van der Waals surface area contributed by atoms with Gasteiger partial charge in [-0.1, -0.05) is 25.0 Å². The van der Waals surface area contributed by atoms with Gasteiger partial charge >= 0.3 is 0 Å². The molecule has 3 heteroatoms. The van der Waals surface area contributed by atoms with Crippen molar-refractivity contribution < 1.29 is 4.74 Å². The first-order valence-electron chi connectivity index (χ1n) is 8.33. The molecule has 1 spiro atoms. The molecule has 116 valence electrons. The van der Waals surface area contributed by atoms with Crippen LogP contribution >= 0.6 is 0 Å². The second-order valence-electron chi connectivity index (χ2n) is 6.76. The van der Waals surface area contributed by atoms with E-state index in [0.29, 0.717) is 11.6 Å². The van der Waals surface area contributed by atoms with Gasteiger partial charge in [0, 0.05) is 31.2 Å². The first-order chi connectivity index (χ1) is 10.2. The van der Waals surface area contributed by atoms with Crippen molar-refractivity contribution in [2.75, 3.05) is 26.7 Å². The van der Waals surface area contributed by atoms with Gasteiger partial charge in [-0.15, -0.1) is 0 Å². The average Bonchev–Trinajstić information content (AvgIpc) is 2.98. The lowest BCUT2D eigenvalue weighted by Crippen LogP contribution is -2.63. The topological polar surface area (TPSA) is 24.5 Å². The molecule has 0 bridgehead atoms. The highest BCUT2D eigenvalue weighted by molar-refractivity contribution is 5.27. The Labute approximate surface area is 128 Å². The lowest BCUT2D eigenvalue weighted by Gasteiger charge is -2.48. The molecule has 1 aliphatic carbocycles. The van der Waals surface area contributed by atoms with Crippen molar-refractivity contribution in [2.45, 2.75) is 50.6 Å². The summed E-state index contributed by atoms with van der Waals surface area (Å²) in [4.78, 5) is 2.77. The Bertz CT molecular complexity index is 451. The van der Waals surface area contributed by atoms with Gasteiger partial charge in [0.15, 0.2) is 0 Å². The summed E-state index contributed by atoms with van der Waals surface area (Å²) < 4.78 is 5.24. The summed E-state index contributed by atoms with van der Waals surface area (Å²) >= 11 is 0. The third kappa shape index (κ3) is 3.24. The molecular weight excluding hydrogens is 260 g/mol. The Morgan fingerprint density at radius 2 is 1.95 bits per heavy atom. The maximum Gasteiger partial charge on any atom is 0.118 e. The second-order valence-corrected chi connectivity index (χ2v) is 6.76. The van der Waals surface area contributed by atoms with Crippen LogP contribution in [0.1, 0.15) is 38.2 Å². The van der Waals surface area contributed by atoms with Crippen LogP contribution in [0.2, 0.25) is 0 Å². The molecule has 2 aliphatic rings. The van der Waals surface area contributed by atoms with Gasteiger partial charge in [-0.2, -0.15) is 0 Å². The van der Waals surface area contributed by atoms with Crippen LogP contribution in [0.15, 0.2) is 24.3 Å². The van der Waals surface area contributed by atoms with Gasteiger partial charge < -0.3 is 10.1 Å². The molecule has 1 aliphatic heterocycles. The van der Waals surface area contributed by atoms with E-state index in [9.17, 15) is 0 Å². The van der Waals surface area contributed by atoms with Gasteiger partial charge in [0.1, 0.15) is 5.75 Å². The fourth-order valence-corrected chi connectivity index (χ4v) is 3.98. The Morgan fingerprint density at radius 3 is 2.62 bits per heavy atom. The highest BCUT2D eigenvalue weighted by Crippen LogP contribution is 2.36. The standard InChI is InChI=1S/C18H28N2O/c1-15-13-20(18(14-19-15)10-3-4-11-18)12-9-16-5-7-17(21-2)8-6-16/h5-8,15,19H,3-4,9-14H2,1-2H3. The molecule has 0 radical (unpaired) electrons. The molecule has 1 heterocycles. The summed E-state index contributed by atoms with van der Waals surface area (Å²) in [6.07, 6.45) is 6.67. The van der Waals surface area contributed by atoms with Crippen LogP contribution in [-0.4, -0.2) is 43.2 Å². The molecular formula is C18H28N2O. The van der Waals surface area contributed by atoms with E-state index >= 15 is 0 Å². The molecule has 1 atom stereocenters. The quantitative estimate of drug-likeness (QED) is 0.922. The number of hydrogen-bond acceptors (Lipinski definition) is 3. The van der Waals surface area contributed by atoms with Crippen LogP contribution in [0.5, 0.6) is 5.75 Å². The maximum atomic E-state index is 5.24. The number of ether oxygens (including phenoxy) is 1. The molecule has 3 rings (SSSR count). The number of methoxy groups -OCH3 is 1. The second kappa shape index (κ2) is 6.37. The molecule has 1 unspecified atom stereocenters. The molecule has 3 nitrogen and oxygen atoms in total. The van der Waals surface area contributed by atoms with Gasteiger partial charge in [0.2, 0.25) is 0 Å². The lowest BCUT2D eigenvalue weighted by atomic mass is 9.90. The molecule has 21 heavy (non-hydrogen) atoms. The fourth-order valence-electron chi connectivity index (χ4n) is 3.98. The first-order valence-corrected chi connectivity index (χ1v) is 8.33. The average molecular weight is 288 g/mol. The number of hydrogen-bond donors (Lipinski definition) is 1. The summed E-state index contributed by atoms with van der Waals surface area (Å²) in [6, 6.07) is 9.16. The highest BCUT2D eigenvalue weighted by atomic mass is 16.5. The zero-order valence-electron chi connectivity index (χ0n) is 13.4. The molecule has 1 N–H and O–H groups in total. The zero-order valence-corrected chi connectivity index (χ0v) is 13.4. The van der Waals surface area contributed by atoms with E-state index in [4.69, 9.17) is 4.74 Å². The predicted octanol–water partition coefficient (Wildman–Crippen LogP) is 2.84. The van der Waals surface area contributed by atoms with Crippen molar-refractivity contribution in [3.63, 3.8) is 0 Å². The largest absolute Gasteiger partial charge is 0.497 e. The molecule has 0 aromatic heterocycles.